The quantitative estimate of drug-likeness (QED) is 0.708. The molecule has 2 aliphatic rings. The SMILES string of the molecule is COc1cccc2cc(C(C)NC(=O)CCN3C(=O)NC4(CCCCC4)C3=O)oc12. The maximum absolute atomic E-state index is 12.8. The first-order valence-corrected chi connectivity index (χ1v) is 10.4. The first-order chi connectivity index (χ1) is 14.4. The Hall–Kier alpha value is -3.03. The number of para-hydroxylation sites is 1. The lowest BCUT2D eigenvalue weighted by molar-refractivity contribution is -0.132. The highest BCUT2D eigenvalue weighted by Gasteiger charge is 2.51. The fraction of sp³-hybridized carbons (Fsp3) is 0.500. The molecule has 1 atom stereocenters. The summed E-state index contributed by atoms with van der Waals surface area (Å²) in [5, 5.41) is 6.63. The van der Waals surface area contributed by atoms with E-state index in [4.69, 9.17) is 9.15 Å². The minimum absolute atomic E-state index is 0.0448. The number of imide groups is 1. The number of urea groups is 1. The van der Waals surface area contributed by atoms with Crippen LogP contribution in [0, 0.1) is 0 Å². The molecule has 1 unspecified atom stereocenters. The molecule has 8 heteroatoms. The van der Waals surface area contributed by atoms with E-state index in [2.05, 4.69) is 10.6 Å². The summed E-state index contributed by atoms with van der Waals surface area (Å²) in [4.78, 5) is 38.7. The summed E-state index contributed by atoms with van der Waals surface area (Å²) in [6.45, 7) is 1.89. The molecule has 2 heterocycles. The van der Waals surface area contributed by atoms with Gasteiger partial charge in [-0.15, -0.1) is 0 Å². The number of nitrogens with one attached hydrogen (secondary N) is 2. The van der Waals surface area contributed by atoms with Crippen LogP contribution in [0.4, 0.5) is 4.79 Å². The Labute approximate surface area is 174 Å². The summed E-state index contributed by atoms with van der Waals surface area (Å²) < 4.78 is 11.2. The van der Waals surface area contributed by atoms with Crippen molar-refractivity contribution >= 4 is 28.8 Å². The molecule has 1 aromatic heterocycles. The van der Waals surface area contributed by atoms with Crippen molar-refractivity contribution in [3.63, 3.8) is 0 Å². The third kappa shape index (κ3) is 3.62. The summed E-state index contributed by atoms with van der Waals surface area (Å²) >= 11 is 0. The molecule has 1 aliphatic carbocycles. The second-order valence-corrected chi connectivity index (χ2v) is 8.10. The average molecular weight is 413 g/mol. The summed E-state index contributed by atoms with van der Waals surface area (Å²) in [5.41, 5.74) is -0.125. The number of furan rings is 1. The Balaban J connectivity index is 1.36. The topological polar surface area (TPSA) is 101 Å². The van der Waals surface area contributed by atoms with E-state index >= 15 is 0 Å². The number of ether oxygens (including phenoxy) is 1. The highest BCUT2D eigenvalue weighted by molar-refractivity contribution is 6.07. The number of carbonyl (C=O) groups is 3. The van der Waals surface area contributed by atoms with Crippen molar-refractivity contribution in [2.45, 2.75) is 57.0 Å². The predicted octanol–water partition coefficient (Wildman–Crippen LogP) is 3.26. The van der Waals surface area contributed by atoms with E-state index in [-0.39, 0.29) is 30.8 Å². The van der Waals surface area contributed by atoms with Crippen molar-refractivity contribution in [3.05, 3.63) is 30.0 Å². The van der Waals surface area contributed by atoms with Crippen LogP contribution in [0.3, 0.4) is 0 Å². The van der Waals surface area contributed by atoms with Crippen LogP contribution in [0.5, 0.6) is 5.75 Å². The first kappa shape index (κ1) is 20.3. The summed E-state index contributed by atoms with van der Waals surface area (Å²) in [5.74, 6) is 0.795. The molecule has 0 radical (unpaired) electrons. The number of rotatable bonds is 6. The van der Waals surface area contributed by atoms with Gasteiger partial charge in [-0.05, 0) is 31.9 Å². The Bertz CT molecular complexity index is 976. The number of hydrogen-bond acceptors (Lipinski definition) is 5. The van der Waals surface area contributed by atoms with Crippen molar-refractivity contribution in [1.82, 2.24) is 15.5 Å². The predicted molar refractivity (Wildman–Crippen MR) is 110 cm³/mol. The van der Waals surface area contributed by atoms with E-state index in [1.54, 1.807) is 7.11 Å². The molecule has 4 rings (SSSR count). The molecule has 4 amide bonds. The van der Waals surface area contributed by atoms with Gasteiger partial charge in [0.1, 0.15) is 11.3 Å². The number of carbonyl (C=O) groups excluding carboxylic acids is 3. The maximum Gasteiger partial charge on any atom is 0.325 e. The van der Waals surface area contributed by atoms with Gasteiger partial charge in [-0.1, -0.05) is 31.4 Å². The van der Waals surface area contributed by atoms with Gasteiger partial charge in [0, 0.05) is 18.4 Å². The Morgan fingerprint density at radius 1 is 1.30 bits per heavy atom. The normalized spacial score (nSPS) is 19.2. The van der Waals surface area contributed by atoms with E-state index in [9.17, 15) is 14.4 Å². The molecule has 1 spiro atoms. The molecule has 1 aromatic carbocycles. The van der Waals surface area contributed by atoms with Crippen LogP contribution in [0.25, 0.3) is 11.0 Å². The fourth-order valence-corrected chi connectivity index (χ4v) is 4.40. The first-order valence-electron chi connectivity index (χ1n) is 10.4. The number of fused-ring (bicyclic) bond motifs is 1. The highest BCUT2D eigenvalue weighted by Crippen LogP contribution is 2.34. The van der Waals surface area contributed by atoms with E-state index in [0.29, 0.717) is 29.9 Å². The van der Waals surface area contributed by atoms with Crippen LogP contribution >= 0.6 is 0 Å². The summed E-state index contributed by atoms with van der Waals surface area (Å²) in [6, 6.07) is 6.72. The lowest BCUT2D eigenvalue weighted by atomic mass is 9.82. The van der Waals surface area contributed by atoms with Crippen molar-refractivity contribution in [3.8, 4) is 5.75 Å². The monoisotopic (exact) mass is 413 g/mol. The molecular weight excluding hydrogens is 386 g/mol. The number of amides is 4. The van der Waals surface area contributed by atoms with Crippen LogP contribution in [0.2, 0.25) is 0 Å². The molecule has 8 nitrogen and oxygen atoms in total. The second-order valence-electron chi connectivity index (χ2n) is 8.10. The minimum Gasteiger partial charge on any atom is -0.493 e. The lowest BCUT2D eigenvalue weighted by Gasteiger charge is -2.30. The van der Waals surface area contributed by atoms with Crippen molar-refractivity contribution < 1.29 is 23.5 Å². The van der Waals surface area contributed by atoms with Crippen molar-refractivity contribution in [2.24, 2.45) is 0 Å². The number of hydrogen-bond donors (Lipinski definition) is 2. The molecule has 2 fully saturated rings. The van der Waals surface area contributed by atoms with Gasteiger partial charge in [-0.2, -0.15) is 0 Å². The molecular formula is C22H27N3O5. The average Bonchev–Trinajstić information content (AvgIpc) is 3.27. The number of benzene rings is 1. The zero-order valence-corrected chi connectivity index (χ0v) is 17.3. The molecule has 1 aliphatic heterocycles. The van der Waals surface area contributed by atoms with Crippen LogP contribution in [-0.4, -0.2) is 41.9 Å². The molecule has 0 bridgehead atoms. The molecule has 2 aromatic rings. The molecule has 30 heavy (non-hydrogen) atoms. The minimum atomic E-state index is -0.758. The van der Waals surface area contributed by atoms with E-state index in [1.807, 2.05) is 31.2 Å². The van der Waals surface area contributed by atoms with E-state index in [0.717, 1.165) is 24.6 Å². The number of nitrogens with zero attached hydrogens (tertiary/aromatic N) is 1. The largest absolute Gasteiger partial charge is 0.493 e. The second kappa shape index (κ2) is 8.01. The number of methoxy groups -OCH3 is 1. The van der Waals surface area contributed by atoms with Gasteiger partial charge >= 0.3 is 6.03 Å². The van der Waals surface area contributed by atoms with Crippen LogP contribution in [-0.2, 0) is 9.59 Å². The molecule has 1 saturated carbocycles. The van der Waals surface area contributed by atoms with Gasteiger partial charge < -0.3 is 19.8 Å². The zero-order chi connectivity index (χ0) is 21.3. The molecule has 160 valence electrons. The maximum atomic E-state index is 12.8. The van der Waals surface area contributed by atoms with Gasteiger partial charge in [0.05, 0.1) is 13.2 Å². The Morgan fingerprint density at radius 3 is 2.80 bits per heavy atom. The zero-order valence-electron chi connectivity index (χ0n) is 17.3. The van der Waals surface area contributed by atoms with E-state index < -0.39 is 11.6 Å². The Kier molecular flexibility index (Phi) is 5.40. The molecule has 2 N–H and O–H groups in total. The molecule has 1 saturated heterocycles. The lowest BCUT2D eigenvalue weighted by Crippen LogP contribution is -2.48. The summed E-state index contributed by atoms with van der Waals surface area (Å²) in [6.07, 6.45) is 4.34. The van der Waals surface area contributed by atoms with Gasteiger partial charge in [-0.25, -0.2) is 4.79 Å². The highest BCUT2D eigenvalue weighted by atomic mass is 16.5. The van der Waals surface area contributed by atoms with Gasteiger partial charge in [0.15, 0.2) is 11.3 Å². The smallest absolute Gasteiger partial charge is 0.325 e. The fourth-order valence-electron chi connectivity index (χ4n) is 4.40. The standard InChI is InChI=1S/C22H27N3O5/c1-14(17-13-15-7-6-8-16(29-2)19(15)30-17)23-18(26)9-12-25-20(27)22(24-21(25)28)10-4-3-5-11-22/h6-8,13-14H,3-5,9-12H2,1-2H3,(H,23,26)(H,24,28). The van der Waals surface area contributed by atoms with Gasteiger partial charge in [-0.3, -0.25) is 14.5 Å². The van der Waals surface area contributed by atoms with Crippen molar-refractivity contribution in [1.29, 1.82) is 0 Å². The summed E-state index contributed by atoms with van der Waals surface area (Å²) in [7, 11) is 1.58. The van der Waals surface area contributed by atoms with Crippen LogP contribution in [0.15, 0.2) is 28.7 Å². The van der Waals surface area contributed by atoms with Crippen LogP contribution < -0.4 is 15.4 Å². The van der Waals surface area contributed by atoms with Gasteiger partial charge in [0.25, 0.3) is 5.91 Å². The third-order valence-electron chi connectivity index (χ3n) is 6.07. The van der Waals surface area contributed by atoms with Crippen molar-refractivity contribution in [2.75, 3.05) is 13.7 Å². The van der Waals surface area contributed by atoms with Crippen LogP contribution in [0.1, 0.15) is 57.3 Å². The van der Waals surface area contributed by atoms with Gasteiger partial charge in [0.2, 0.25) is 5.91 Å². The Morgan fingerprint density at radius 2 is 2.07 bits per heavy atom. The van der Waals surface area contributed by atoms with E-state index in [1.165, 1.54) is 4.90 Å². The third-order valence-corrected chi connectivity index (χ3v) is 6.07.